The Morgan fingerprint density at radius 1 is 1.26 bits per heavy atom. The standard InChI is InChI=1S/C16H15N5O2/c17-10-12-2-1-3-13(8-12)20-15-9-14(18-11-19-15)16(22)21-4-6-23-7-5-21/h1-3,8-9,11H,4-7H2,(H,18,19,20). The summed E-state index contributed by atoms with van der Waals surface area (Å²) in [5, 5.41) is 12.0. The molecule has 7 nitrogen and oxygen atoms in total. The fourth-order valence-corrected chi connectivity index (χ4v) is 2.29. The lowest BCUT2D eigenvalue weighted by atomic mass is 10.2. The van der Waals surface area contributed by atoms with Crippen molar-refractivity contribution >= 4 is 17.4 Å². The maximum atomic E-state index is 12.4. The number of anilines is 2. The Kier molecular flexibility index (Phi) is 4.45. The molecule has 0 atom stereocenters. The fraction of sp³-hybridized carbons (Fsp3) is 0.250. The number of nitrogens with one attached hydrogen (secondary N) is 1. The van der Waals surface area contributed by atoms with Crippen LogP contribution in [0, 0.1) is 11.3 Å². The number of benzene rings is 1. The lowest BCUT2D eigenvalue weighted by molar-refractivity contribution is 0.0299. The van der Waals surface area contributed by atoms with Crippen LogP contribution in [0.25, 0.3) is 0 Å². The topological polar surface area (TPSA) is 91.1 Å². The Hall–Kier alpha value is -2.98. The van der Waals surface area contributed by atoms with Gasteiger partial charge in [-0.15, -0.1) is 0 Å². The molecule has 0 saturated carbocycles. The van der Waals surface area contributed by atoms with E-state index in [1.54, 1.807) is 29.2 Å². The van der Waals surface area contributed by atoms with Crippen LogP contribution in [0.5, 0.6) is 0 Å². The zero-order valence-corrected chi connectivity index (χ0v) is 12.4. The number of nitrogens with zero attached hydrogens (tertiary/aromatic N) is 4. The third-order valence-corrected chi connectivity index (χ3v) is 3.45. The quantitative estimate of drug-likeness (QED) is 0.925. The van der Waals surface area contributed by atoms with Crippen molar-refractivity contribution in [3.05, 3.63) is 47.9 Å². The van der Waals surface area contributed by atoms with Gasteiger partial charge in [0.25, 0.3) is 5.91 Å². The molecule has 1 N–H and O–H groups in total. The van der Waals surface area contributed by atoms with Gasteiger partial charge in [0.2, 0.25) is 0 Å². The number of carbonyl (C=O) groups is 1. The van der Waals surface area contributed by atoms with E-state index in [2.05, 4.69) is 21.4 Å². The van der Waals surface area contributed by atoms with Crippen LogP contribution in [0.3, 0.4) is 0 Å². The molecule has 3 rings (SSSR count). The van der Waals surface area contributed by atoms with Gasteiger partial charge in [0.1, 0.15) is 17.8 Å². The Balaban J connectivity index is 1.76. The summed E-state index contributed by atoms with van der Waals surface area (Å²) in [6.07, 6.45) is 1.35. The number of nitriles is 1. The number of hydrogen-bond acceptors (Lipinski definition) is 6. The van der Waals surface area contributed by atoms with Crippen LogP contribution in [-0.4, -0.2) is 47.1 Å². The molecule has 0 spiro atoms. The molecule has 1 aliphatic rings. The number of amides is 1. The molecule has 1 fully saturated rings. The van der Waals surface area contributed by atoms with E-state index >= 15 is 0 Å². The molecule has 2 aromatic rings. The van der Waals surface area contributed by atoms with Crippen molar-refractivity contribution in [2.24, 2.45) is 0 Å². The molecule has 1 aromatic carbocycles. The summed E-state index contributed by atoms with van der Waals surface area (Å²) in [6.45, 7) is 2.22. The number of aromatic nitrogens is 2. The molecular weight excluding hydrogens is 294 g/mol. The first kappa shape index (κ1) is 14.9. The number of hydrogen-bond donors (Lipinski definition) is 1. The fourth-order valence-electron chi connectivity index (χ4n) is 2.29. The first-order valence-corrected chi connectivity index (χ1v) is 7.22. The average Bonchev–Trinajstić information content (AvgIpc) is 2.62. The minimum Gasteiger partial charge on any atom is -0.378 e. The highest BCUT2D eigenvalue weighted by Crippen LogP contribution is 2.16. The van der Waals surface area contributed by atoms with Gasteiger partial charge in [-0.2, -0.15) is 5.26 Å². The van der Waals surface area contributed by atoms with E-state index in [9.17, 15) is 4.79 Å². The maximum absolute atomic E-state index is 12.4. The molecular formula is C16H15N5O2. The van der Waals surface area contributed by atoms with Gasteiger partial charge in [0.15, 0.2) is 0 Å². The van der Waals surface area contributed by atoms with Crippen LogP contribution in [0.15, 0.2) is 36.7 Å². The largest absolute Gasteiger partial charge is 0.378 e. The van der Waals surface area contributed by atoms with Gasteiger partial charge in [0, 0.05) is 24.8 Å². The summed E-state index contributed by atoms with van der Waals surface area (Å²) in [6, 6.07) is 10.7. The minimum absolute atomic E-state index is 0.135. The van der Waals surface area contributed by atoms with Crippen molar-refractivity contribution in [2.75, 3.05) is 31.6 Å². The van der Waals surface area contributed by atoms with E-state index in [0.717, 1.165) is 5.69 Å². The molecule has 1 amide bonds. The summed E-state index contributed by atoms with van der Waals surface area (Å²) >= 11 is 0. The average molecular weight is 309 g/mol. The first-order valence-electron chi connectivity index (χ1n) is 7.22. The number of ether oxygens (including phenoxy) is 1. The summed E-state index contributed by atoms with van der Waals surface area (Å²) in [5.74, 6) is 0.372. The Bertz CT molecular complexity index is 750. The second-order valence-corrected chi connectivity index (χ2v) is 5.01. The molecule has 1 aliphatic heterocycles. The van der Waals surface area contributed by atoms with Gasteiger partial charge >= 0.3 is 0 Å². The molecule has 0 bridgehead atoms. The van der Waals surface area contributed by atoms with Crippen LogP contribution in [-0.2, 0) is 4.74 Å². The maximum Gasteiger partial charge on any atom is 0.272 e. The first-order chi connectivity index (χ1) is 11.3. The van der Waals surface area contributed by atoms with Crippen molar-refractivity contribution in [1.29, 1.82) is 5.26 Å². The van der Waals surface area contributed by atoms with Crippen molar-refractivity contribution in [3.8, 4) is 6.07 Å². The van der Waals surface area contributed by atoms with Crippen molar-refractivity contribution < 1.29 is 9.53 Å². The predicted octanol–water partition coefficient (Wildman–Crippen LogP) is 1.56. The van der Waals surface area contributed by atoms with Crippen molar-refractivity contribution in [3.63, 3.8) is 0 Å². The Labute approximate surface area is 133 Å². The lowest BCUT2D eigenvalue weighted by Crippen LogP contribution is -2.41. The third-order valence-electron chi connectivity index (χ3n) is 3.45. The SMILES string of the molecule is N#Cc1cccc(Nc2cc(C(=O)N3CCOCC3)ncn2)c1. The number of carbonyl (C=O) groups excluding carboxylic acids is 1. The van der Waals surface area contributed by atoms with E-state index in [4.69, 9.17) is 10.00 Å². The van der Waals surface area contributed by atoms with E-state index < -0.39 is 0 Å². The van der Waals surface area contributed by atoms with Crippen LogP contribution in [0.2, 0.25) is 0 Å². The van der Waals surface area contributed by atoms with E-state index in [0.29, 0.717) is 43.4 Å². The van der Waals surface area contributed by atoms with Gasteiger partial charge in [-0.25, -0.2) is 9.97 Å². The molecule has 116 valence electrons. The molecule has 0 aliphatic carbocycles. The molecule has 1 saturated heterocycles. The monoisotopic (exact) mass is 309 g/mol. The zero-order valence-electron chi connectivity index (χ0n) is 12.4. The second kappa shape index (κ2) is 6.85. The van der Waals surface area contributed by atoms with Gasteiger partial charge in [-0.3, -0.25) is 4.79 Å². The van der Waals surface area contributed by atoms with Crippen LogP contribution in [0.1, 0.15) is 16.1 Å². The molecule has 23 heavy (non-hydrogen) atoms. The molecule has 1 aromatic heterocycles. The summed E-state index contributed by atoms with van der Waals surface area (Å²) in [4.78, 5) is 22.3. The number of morpholine rings is 1. The normalized spacial score (nSPS) is 14.1. The van der Waals surface area contributed by atoms with Gasteiger partial charge in [-0.05, 0) is 18.2 Å². The highest BCUT2D eigenvalue weighted by molar-refractivity contribution is 5.93. The van der Waals surface area contributed by atoms with Crippen molar-refractivity contribution in [1.82, 2.24) is 14.9 Å². The van der Waals surface area contributed by atoms with Crippen molar-refractivity contribution in [2.45, 2.75) is 0 Å². The Morgan fingerprint density at radius 3 is 2.87 bits per heavy atom. The van der Waals surface area contributed by atoms with Crippen LogP contribution < -0.4 is 5.32 Å². The Morgan fingerprint density at radius 2 is 2.09 bits per heavy atom. The molecule has 7 heteroatoms. The smallest absolute Gasteiger partial charge is 0.272 e. The lowest BCUT2D eigenvalue weighted by Gasteiger charge is -2.26. The molecule has 0 radical (unpaired) electrons. The molecule has 2 heterocycles. The second-order valence-electron chi connectivity index (χ2n) is 5.01. The van der Waals surface area contributed by atoms with Gasteiger partial charge in [-0.1, -0.05) is 6.07 Å². The predicted molar refractivity (Wildman–Crippen MR) is 83.2 cm³/mol. The minimum atomic E-state index is -0.135. The molecule has 0 unspecified atom stereocenters. The summed E-state index contributed by atoms with van der Waals surface area (Å²) < 4.78 is 5.24. The summed E-state index contributed by atoms with van der Waals surface area (Å²) in [5.41, 5.74) is 1.61. The van der Waals surface area contributed by atoms with Gasteiger partial charge < -0.3 is 15.0 Å². The van der Waals surface area contributed by atoms with Crippen LogP contribution >= 0.6 is 0 Å². The van der Waals surface area contributed by atoms with E-state index in [1.165, 1.54) is 6.33 Å². The van der Waals surface area contributed by atoms with Crippen LogP contribution in [0.4, 0.5) is 11.5 Å². The number of rotatable bonds is 3. The van der Waals surface area contributed by atoms with E-state index in [-0.39, 0.29) is 5.91 Å². The summed E-state index contributed by atoms with van der Waals surface area (Å²) in [7, 11) is 0. The third kappa shape index (κ3) is 3.62. The highest BCUT2D eigenvalue weighted by Gasteiger charge is 2.20. The van der Waals surface area contributed by atoms with Gasteiger partial charge in [0.05, 0.1) is 24.8 Å². The van der Waals surface area contributed by atoms with E-state index in [1.807, 2.05) is 6.07 Å². The highest BCUT2D eigenvalue weighted by atomic mass is 16.5. The zero-order chi connectivity index (χ0) is 16.1.